The predicted molar refractivity (Wildman–Crippen MR) is 57.9 cm³/mol. The molecular formula is C13H12N. The Morgan fingerprint density at radius 2 is 1.43 bits per heavy atom. The molecule has 0 unspecified atom stereocenters. The van der Waals surface area contributed by atoms with Gasteiger partial charge in [-0.25, -0.2) is 0 Å². The van der Waals surface area contributed by atoms with Crippen LogP contribution in [0.4, 0.5) is 0 Å². The topological polar surface area (TPSA) is 12.9 Å². The molecule has 69 valence electrons. The van der Waals surface area contributed by atoms with Gasteiger partial charge < -0.3 is 0 Å². The van der Waals surface area contributed by atoms with Gasteiger partial charge in [-0.05, 0) is 30.2 Å². The van der Waals surface area contributed by atoms with Gasteiger partial charge in [-0.15, -0.1) is 0 Å². The Balaban J connectivity index is 2.16. The molecule has 0 aliphatic carbocycles. The summed E-state index contributed by atoms with van der Waals surface area (Å²) in [7, 11) is 0. The minimum Gasteiger partial charge on any atom is -0.265 e. The molecule has 1 aromatic heterocycles. The quantitative estimate of drug-likeness (QED) is 0.695. The molecule has 0 N–H and O–H groups in total. The minimum absolute atomic E-state index is 1.18. The summed E-state index contributed by atoms with van der Waals surface area (Å²) in [5.41, 5.74) is 3.70. The second-order valence-corrected chi connectivity index (χ2v) is 3.34. The van der Waals surface area contributed by atoms with Gasteiger partial charge in [0.05, 0.1) is 0 Å². The fraction of sp³-hybridized carbons (Fsp3) is 0.0769. The van der Waals surface area contributed by atoms with E-state index in [1.807, 2.05) is 12.1 Å². The first kappa shape index (κ1) is 8.95. The zero-order chi connectivity index (χ0) is 9.80. The van der Waals surface area contributed by atoms with Crippen LogP contribution in [0.15, 0.2) is 48.8 Å². The monoisotopic (exact) mass is 182 g/mol. The van der Waals surface area contributed by atoms with E-state index >= 15 is 0 Å². The molecule has 1 heteroatoms. The van der Waals surface area contributed by atoms with E-state index in [0.29, 0.717) is 0 Å². The van der Waals surface area contributed by atoms with Crippen molar-refractivity contribution >= 4 is 0 Å². The summed E-state index contributed by atoms with van der Waals surface area (Å²) in [4.78, 5) is 3.98. The summed E-state index contributed by atoms with van der Waals surface area (Å²) in [6, 6.07) is 12.5. The number of pyridine rings is 1. The van der Waals surface area contributed by atoms with Crippen molar-refractivity contribution < 1.29 is 0 Å². The Kier molecular flexibility index (Phi) is 2.59. The van der Waals surface area contributed by atoms with Crippen LogP contribution in [0.1, 0.15) is 16.7 Å². The van der Waals surface area contributed by atoms with Crippen LogP contribution in [-0.4, -0.2) is 4.98 Å². The van der Waals surface area contributed by atoms with Crippen molar-refractivity contribution in [1.29, 1.82) is 0 Å². The molecule has 0 amide bonds. The third kappa shape index (κ3) is 2.19. The first-order chi connectivity index (χ1) is 6.84. The van der Waals surface area contributed by atoms with Crippen molar-refractivity contribution in [2.24, 2.45) is 0 Å². The smallest absolute Gasteiger partial charge is 0.0270 e. The van der Waals surface area contributed by atoms with Crippen LogP contribution in [0.2, 0.25) is 0 Å². The van der Waals surface area contributed by atoms with Crippen molar-refractivity contribution in [2.45, 2.75) is 6.92 Å². The Labute approximate surface area is 84.4 Å². The molecule has 2 aromatic rings. The van der Waals surface area contributed by atoms with E-state index in [1.165, 1.54) is 16.7 Å². The van der Waals surface area contributed by atoms with Crippen molar-refractivity contribution in [1.82, 2.24) is 4.98 Å². The van der Waals surface area contributed by atoms with Crippen LogP contribution in [0, 0.1) is 13.3 Å². The van der Waals surface area contributed by atoms with Gasteiger partial charge in [-0.1, -0.05) is 29.8 Å². The predicted octanol–water partition coefficient (Wildman–Crippen LogP) is 2.99. The van der Waals surface area contributed by atoms with E-state index in [0.717, 1.165) is 0 Å². The Bertz CT molecular complexity index is 389. The van der Waals surface area contributed by atoms with Gasteiger partial charge in [-0.3, -0.25) is 4.98 Å². The number of rotatable bonds is 2. The highest BCUT2D eigenvalue weighted by Crippen LogP contribution is 2.11. The minimum atomic E-state index is 1.18. The van der Waals surface area contributed by atoms with Crippen LogP contribution < -0.4 is 0 Å². The molecule has 0 saturated heterocycles. The number of benzene rings is 1. The second kappa shape index (κ2) is 4.05. The largest absolute Gasteiger partial charge is 0.265 e. The maximum absolute atomic E-state index is 3.98. The standard InChI is InChI=1S/C13H12N/c1-11-2-4-12(5-3-11)10-13-6-8-14-9-7-13/h2-10H,1H3. The summed E-state index contributed by atoms with van der Waals surface area (Å²) in [6.45, 7) is 2.09. The number of aromatic nitrogens is 1. The third-order valence-corrected chi connectivity index (χ3v) is 2.12. The maximum atomic E-state index is 3.98. The van der Waals surface area contributed by atoms with Crippen LogP contribution in [0.5, 0.6) is 0 Å². The van der Waals surface area contributed by atoms with Gasteiger partial charge >= 0.3 is 0 Å². The number of aryl methyl sites for hydroxylation is 1. The molecule has 0 atom stereocenters. The van der Waals surface area contributed by atoms with Crippen LogP contribution in [0.3, 0.4) is 0 Å². The summed E-state index contributed by atoms with van der Waals surface area (Å²) >= 11 is 0. The van der Waals surface area contributed by atoms with Crippen LogP contribution in [0.25, 0.3) is 0 Å². The molecule has 0 aliphatic rings. The zero-order valence-corrected chi connectivity index (χ0v) is 8.14. The van der Waals surface area contributed by atoms with Crippen molar-refractivity contribution in [2.75, 3.05) is 0 Å². The number of hydrogen-bond donors (Lipinski definition) is 0. The normalized spacial score (nSPS) is 10.1. The molecule has 0 spiro atoms. The molecule has 1 radical (unpaired) electrons. The first-order valence-electron chi connectivity index (χ1n) is 4.66. The van der Waals surface area contributed by atoms with E-state index in [9.17, 15) is 0 Å². The molecule has 0 aliphatic heterocycles. The SMILES string of the molecule is Cc1ccc([CH]c2ccncc2)cc1. The fourth-order valence-corrected chi connectivity index (χ4v) is 1.31. The van der Waals surface area contributed by atoms with Gasteiger partial charge in [0.2, 0.25) is 0 Å². The molecule has 0 bridgehead atoms. The second-order valence-electron chi connectivity index (χ2n) is 3.34. The summed E-state index contributed by atoms with van der Waals surface area (Å²) < 4.78 is 0. The van der Waals surface area contributed by atoms with Crippen LogP contribution >= 0.6 is 0 Å². The lowest BCUT2D eigenvalue weighted by atomic mass is 10.1. The molecule has 14 heavy (non-hydrogen) atoms. The van der Waals surface area contributed by atoms with Gasteiger partial charge in [0.15, 0.2) is 0 Å². The zero-order valence-electron chi connectivity index (χ0n) is 8.14. The van der Waals surface area contributed by atoms with Gasteiger partial charge in [0.1, 0.15) is 0 Å². The Hall–Kier alpha value is -1.63. The van der Waals surface area contributed by atoms with Gasteiger partial charge in [0.25, 0.3) is 0 Å². The van der Waals surface area contributed by atoms with E-state index in [-0.39, 0.29) is 0 Å². The average Bonchev–Trinajstić information content (AvgIpc) is 2.23. The van der Waals surface area contributed by atoms with Gasteiger partial charge in [0, 0.05) is 18.8 Å². The average molecular weight is 182 g/mol. The lowest BCUT2D eigenvalue weighted by Gasteiger charge is -2.00. The van der Waals surface area contributed by atoms with E-state index < -0.39 is 0 Å². The molecule has 2 rings (SSSR count). The van der Waals surface area contributed by atoms with Crippen molar-refractivity contribution in [3.05, 3.63) is 71.9 Å². The van der Waals surface area contributed by atoms with Crippen molar-refractivity contribution in [3.8, 4) is 0 Å². The van der Waals surface area contributed by atoms with Gasteiger partial charge in [-0.2, -0.15) is 0 Å². The van der Waals surface area contributed by atoms with E-state index in [2.05, 4.69) is 42.6 Å². The summed E-state index contributed by atoms with van der Waals surface area (Å²) in [6.07, 6.45) is 5.75. The molecule has 0 saturated carbocycles. The molecular weight excluding hydrogens is 170 g/mol. The van der Waals surface area contributed by atoms with E-state index in [1.54, 1.807) is 12.4 Å². The Morgan fingerprint density at radius 3 is 2.07 bits per heavy atom. The van der Waals surface area contributed by atoms with Crippen molar-refractivity contribution in [3.63, 3.8) is 0 Å². The molecule has 1 nitrogen and oxygen atoms in total. The fourth-order valence-electron chi connectivity index (χ4n) is 1.31. The highest BCUT2D eigenvalue weighted by atomic mass is 14.6. The maximum Gasteiger partial charge on any atom is 0.0270 e. The Morgan fingerprint density at radius 1 is 0.857 bits per heavy atom. The molecule has 1 heterocycles. The molecule has 0 fully saturated rings. The summed E-state index contributed by atoms with van der Waals surface area (Å²) in [5.74, 6) is 0. The third-order valence-electron chi connectivity index (χ3n) is 2.12. The lowest BCUT2D eigenvalue weighted by Crippen LogP contribution is -1.85. The highest BCUT2D eigenvalue weighted by Gasteiger charge is 1.95. The molecule has 1 aromatic carbocycles. The first-order valence-corrected chi connectivity index (χ1v) is 4.66. The van der Waals surface area contributed by atoms with E-state index in [4.69, 9.17) is 0 Å². The lowest BCUT2D eigenvalue weighted by molar-refractivity contribution is 1.29. The highest BCUT2D eigenvalue weighted by molar-refractivity contribution is 5.36. The summed E-state index contributed by atoms with van der Waals surface area (Å²) in [5, 5.41) is 0. The number of nitrogens with zero attached hydrogens (tertiary/aromatic N) is 1. The number of hydrogen-bond acceptors (Lipinski definition) is 1. The van der Waals surface area contributed by atoms with Crippen LogP contribution in [-0.2, 0) is 0 Å².